The standard InChI is InChI=1S/C44H44N4O.Pt/c1-42(2,3)30-17-20-39(37(25-30)44(7,8)9)47-24-23-46(29-47)32-13-12-14-33(27-32)49-34-18-19-36-35-15-10-11-16-38(35)48(40(36)28-34)41-26-31(21-22-45-41)43(4,5)6;/h10-26H,1-9H3;/q-2;. The summed E-state index contributed by atoms with van der Waals surface area (Å²) >= 11 is 0. The van der Waals surface area contributed by atoms with E-state index in [1.807, 2.05) is 47.4 Å². The zero-order valence-corrected chi connectivity index (χ0v) is 32.6. The third-order valence-electron chi connectivity index (χ3n) is 9.14. The van der Waals surface area contributed by atoms with E-state index in [1.54, 1.807) is 0 Å². The molecule has 0 unspecified atom stereocenters. The molecule has 0 radical (unpaired) electrons. The Morgan fingerprint density at radius 2 is 1.40 bits per heavy atom. The molecule has 3 aromatic heterocycles. The molecule has 0 N–H and O–H groups in total. The number of fused-ring (bicyclic) bond motifs is 3. The summed E-state index contributed by atoms with van der Waals surface area (Å²) < 4.78 is 12.6. The maximum absolute atomic E-state index is 6.43. The molecule has 0 aliphatic rings. The number of aromatic nitrogens is 4. The normalized spacial score (nSPS) is 12.3. The zero-order valence-electron chi connectivity index (χ0n) is 30.3. The Labute approximate surface area is 310 Å². The van der Waals surface area contributed by atoms with Crippen LogP contribution in [0.3, 0.4) is 0 Å². The molecule has 7 aromatic rings. The minimum Gasteiger partial charge on any atom is -0.510 e. The summed E-state index contributed by atoms with van der Waals surface area (Å²) in [6, 6.07) is 36.5. The molecule has 0 spiro atoms. The molecule has 0 saturated carbocycles. The predicted octanol–water partition coefficient (Wildman–Crippen LogP) is 10.3. The summed E-state index contributed by atoms with van der Waals surface area (Å²) in [6.07, 6.45) is 9.47. The maximum atomic E-state index is 6.43. The number of nitrogens with zero attached hydrogens (tertiary/aromatic N) is 4. The summed E-state index contributed by atoms with van der Waals surface area (Å²) in [5, 5.41) is 2.25. The smallest absolute Gasteiger partial charge is 0.267 e. The van der Waals surface area contributed by atoms with Crippen LogP contribution in [-0.4, -0.2) is 14.1 Å². The minimum atomic E-state index is -0.0336. The van der Waals surface area contributed by atoms with Gasteiger partial charge >= 0.3 is 0 Å². The van der Waals surface area contributed by atoms with Crippen LogP contribution in [0.2, 0.25) is 0 Å². The number of rotatable bonds is 5. The molecule has 0 fully saturated rings. The second-order valence-corrected chi connectivity index (χ2v) is 16.0. The molecule has 0 aliphatic heterocycles. The molecule has 7 rings (SSSR count). The van der Waals surface area contributed by atoms with Gasteiger partial charge in [-0.3, -0.25) is 4.57 Å². The van der Waals surface area contributed by atoms with Crippen molar-refractivity contribution in [3.05, 3.63) is 139 Å². The van der Waals surface area contributed by atoms with E-state index in [-0.39, 0.29) is 37.3 Å². The minimum absolute atomic E-state index is 0. The second-order valence-electron chi connectivity index (χ2n) is 16.0. The molecule has 0 bridgehead atoms. The first-order chi connectivity index (χ1) is 23.2. The van der Waals surface area contributed by atoms with Gasteiger partial charge in [0.05, 0.1) is 5.69 Å². The Morgan fingerprint density at radius 1 is 0.680 bits per heavy atom. The third kappa shape index (κ3) is 6.81. The first kappa shape index (κ1) is 35.4. The van der Waals surface area contributed by atoms with Gasteiger partial charge in [-0.05, 0) is 68.3 Å². The molecule has 50 heavy (non-hydrogen) atoms. The average molecular weight is 840 g/mol. The van der Waals surface area contributed by atoms with E-state index in [0.29, 0.717) is 11.5 Å². The molecule has 0 atom stereocenters. The van der Waals surface area contributed by atoms with Gasteiger partial charge in [-0.2, -0.15) is 18.2 Å². The van der Waals surface area contributed by atoms with Crippen molar-refractivity contribution in [2.24, 2.45) is 0 Å². The Kier molecular flexibility index (Phi) is 9.20. The molecule has 6 heteroatoms. The van der Waals surface area contributed by atoms with Gasteiger partial charge in [0.1, 0.15) is 5.82 Å². The fraction of sp³-hybridized carbons (Fsp3) is 0.273. The van der Waals surface area contributed by atoms with E-state index in [2.05, 4.69) is 151 Å². The molecular formula is C44H44N4OPt-2. The van der Waals surface area contributed by atoms with Crippen molar-refractivity contribution in [2.75, 3.05) is 0 Å². The monoisotopic (exact) mass is 839 g/mol. The van der Waals surface area contributed by atoms with E-state index in [9.17, 15) is 0 Å². The van der Waals surface area contributed by atoms with Crippen molar-refractivity contribution in [1.29, 1.82) is 0 Å². The molecule has 5 nitrogen and oxygen atoms in total. The van der Waals surface area contributed by atoms with Gasteiger partial charge in [-0.15, -0.1) is 29.7 Å². The van der Waals surface area contributed by atoms with Crippen molar-refractivity contribution in [3.63, 3.8) is 0 Å². The van der Waals surface area contributed by atoms with Gasteiger partial charge in [-0.1, -0.05) is 98.2 Å². The molecule has 4 aromatic carbocycles. The first-order valence-electron chi connectivity index (χ1n) is 17.0. The number of hydrogen-bond acceptors (Lipinski definition) is 2. The second kappa shape index (κ2) is 13.0. The Hall–Kier alpha value is -4.47. The average Bonchev–Trinajstić information content (AvgIpc) is 3.67. The Bertz CT molecular complexity index is 2330. The van der Waals surface area contributed by atoms with Gasteiger partial charge in [0.15, 0.2) is 0 Å². The first-order valence-corrected chi connectivity index (χ1v) is 17.0. The Morgan fingerprint density at radius 3 is 2.14 bits per heavy atom. The van der Waals surface area contributed by atoms with Crippen LogP contribution in [0.25, 0.3) is 39.0 Å². The van der Waals surface area contributed by atoms with Gasteiger partial charge in [0.25, 0.3) is 6.33 Å². The van der Waals surface area contributed by atoms with Crippen molar-refractivity contribution < 1.29 is 30.4 Å². The fourth-order valence-electron chi connectivity index (χ4n) is 6.33. The summed E-state index contributed by atoms with van der Waals surface area (Å²) in [7, 11) is 0. The van der Waals surface area contributed by atoms with Crippen molar-refractivity contribution >= 4 is 21.8 Å². The molecule has 3 heterocycles. The number of imidazole rings is 1. The van der Waals surface area contributed by atoms with Gasteiger partial charge in [0.2, 0.25) is 0 Å². The summed E-state index contributed by atoms with van der Waals surface area (Å²) in [5.41, 5.74) is 7.81. The number of pyridine rings is 1. The molecule has 258 valence electrons. The number of para-hydroxylation sites is 1. The van der Waals surface area contributed by atoms with Gasteiger partial charge in [0, 0.05) is 56.7 Å². The molecule has 0 aliphatic carbocycles. The van der Waals surface area contributed by atoms with E-state index >= 15 is 0 Å². The number of hydrogen-bond donors (Lipinski definition) is 0. The van der Waals surface area contributed by atoms with E-state index in [0.717, 1.165) is 39.0 Å². The maximum Gasteiger partial charge on any atom is 0.267 e. The van der Waals surface area contributed by atoms with Crippen molar-refractivity contribution in [1.82, 2.24) is 14.1 Å². The predicted molar refractivity (Wildman–Crippen MR) is 199 cm³/mol. The summed E-state index contributed by atoms with van der Waals surface area (Å²) in [6.45, 7) is 20.2. The van der Waals surface area contributed by atoms with Gasteiger partial charge < -0.3 is 13.9 Å². The molecule has 0 saturated heterocycles. The van der Waals surface area contributed by atoms with Crippen LogP contribution in [0.15, 0.2) is 104 Å². The van der Waals surface area contributed by atoms with Crippen LogP contribution in [0.4, 0.5) is 0 Å². The fourth-order valence-corrected chi connectivity index (χ4v) is 6.33. The third-order valence-corrected chi connectivity index (χ3v) is 9.14. The van der Waals surface area contributed by atoms with E-state index in [4.69, 9.17) is 9.72 Å². The summed E-state index contributed by atoms with van der Waals surface area (Å²) in [5.74, 6) is 2.07. The van der Waals surface area contributed by atoms with Crippen LogP contribution in [0, 0.1) is 18.5 Å². The SMILES string of the molecule is CC(C)(C)c1ccnc(-n2c3[c-]c(Oc4[c-]c(-n5[c-][n+](-c6ccc(C(C)(C)C)cc6C(C)(C)C)cc5)ccc4)ccc3c3ccccc32)c1.[Pt]. The van der Waals surface area contributed by atoms with Crippen LogP contribution in [-0.2, 0) is 37.3 Å². The van der Waals surface area contributed by atoms with Crippen LogP contribution in [0.1, 0.15) is 79.0 Å². The zero-order chi connectivity index (χ0) is 34.7. The summed E-state index contributed by atoms with van der Waals surface area (Å²) in [4.78, 5) is 4.80. The largest absolute Gasteiger partial charge is 0.510 e. The van der Waals surface area contributed by atoms with Crippen LogP contribution < -0.4 is 9.30 Å². The topological polar surface area (TPSA) is 35.9 Å². The van der Waals surface area contributed by atoms with Gasteiger partial charge in [-0.25, -0.2) is 4.98 Å². The van der Waals surface area contributed by atoms with E-state index in [1.165, 1.54) is 16.7 Å². The number of benzene rings is 4. The Balaban J connectivity index is 0.00000432. The molecule has 0 amide bonds. The number of ether oxygens (including phenoxy) is 1. The quantitative estimate of drug-likeness (QED) is 0.128. The molecular weight excluding hydrogens is 796 g/mol. The van der Waals surface area contributed by atoms with Crippen LogP contribution >= 0.6 is 0 Å². The van der Waals surface area contributed by atoms with Crippen molar-refractivity contribution in [2.45, 2.75) is 78.6 Å². The van der Waals surface area contributed by atoms with Crippen LogP contribution in [0.5, 0.6) is 11.5 Å². The van der Waals surface area contributed by atoms with Crippen molar-refractivity contribution in [3.8, 4) is 28.7 Å². The van der Waals surface area contributed by atoms with E-state index < -0.39 is 0 Å².